The lowest BCUT2D eigenvalue weighted by Crippen LogP contribution is -2.46. The van der Waals surface area contributed by atoms with Crippen molar-refractivity contribution < 1.29 is 32.9 Å². The minimum absolute atomic E-state index is 0.0747. The number of phosphoric ester groups is 1. The smallest absolute Gasteiger partial charge is 0.391 e. The monoisotopic (exact) mass is 1220 g/mol. The van der Waals surface area contributed by atoms with E-state index >= 15 is 0 Å². The van der Waals surface area contributed by atoms with Crippen LogP contribution >= 0.6 is 7.82 Å². The van der Waals surface area contributed by atoms with Gasteiger partial charge >= 0.3 is 7.82 Å². The van der Waals surface area contributed by atoms with Gasteiger partial charge in [0.15, 0.2) is 0 Å². The Bertz CT molecular complexity index is 1680. The molecule has 502 valence electrons. The average molecular weight is 1220 g/mol. The molecule has 9 heteroatoms. The lowest BCUT2D eigenvalue weighted by molar-refractivity contribution is -0.870. The SMILES string of the molecule is CC/C=C\C/C=C\C/C=C\C/C=C\C/C=C\C/C=C\C/C=C\CCCCCCCCCCCCCCCCCCCCCC(=O)NC(COP(=O)(O)OCC[N+](C)(C)C)C(O)CCCCCCCCCCCCCCCCCCCCCCCCC. The summed E-state index contributed by atoms with van der Waals surface area (Å²) in [5.41, 5.74) is 0. The van der Waals surface area contributed by atoms with E-state index in [1.807, 2.05) is 21.1 Å². The van der Waals surface area contributed by atoms with E-state index in [2.05, 4.69) is 104 Å². The van der Waals surface area contributed by atoms with Crippen LogP contribution in [0.15, 0.2) is 85.1 Å². The normalized spacial score (nSPS) is 14.1. The van der Waals surface area contributed by atoms with Crippen molar-refractivity contribution in [3.63, 3.8) is 0 Å². The third-order valence-corrected chi connectivity index (χ3v) is 17.6. The highest BCUT2D eigenvalue weighted by Crippen LogP contribution is 2.43. The van der Waals surface area contributed by atoms with E-state index in [1.54, 1.807) is 0 Å². The topological polar surface area (TPSA) is 105 Å². The fraction of sp³-hybridized carbons (Fsp3) is 0.805. The molecule has 0 saturated carbocycles. The Kier molecular flexibility index (Phi) is 65.3. The first-order valence-corrected chi connectivity index (χ1v) is 38.4. The van der Waals surface area contributed by atoms with E-state index in [9.17, 15) is 19.4 Å². The van der Waals surface area contributed by atoms with Gasteiger partial charge in [-0.1, -0.05) is 356 Å². The number of hydrogen-bond acceptors (Lipinski definition) is 5. The van der Waals surface area contributed by atoms with Crippen molar-refractivity contribution in [3.8, 4) is 0 Å². The molecular weight excluding hydrogens is 1080 g/mol. The number of quaternary nitrogens is 1. The van der Waals surface area contributed by atoms with Gasteiger partial charge in [-0.25, -0.2) is 4.57 Å². The lowest BCUT2D eigenvalue weighted by atomic mass is 10.0. The summed E-state index contributed by atoms with van der Waals surface area (Å²) < 4.78 is 23.9. The Balaban J connectivity index is 3.95. The van der Waals surface area contributed by atoms with Crippen molar-refractivity contribution in [2.45, 2.75) is 360 Å². The minimum atomic E-state index is -4.33. The van der Waals surface area contributed by atoms with Gasteiger partial charge in [-0.2, -0.15) is 0 Å². The third-order valence-electron chi connectivity index (χ3n) is 16.7. The summed E-state index contributed by atoms with van der Waals surface area (Å²) in [5, 5.41) is 14.2. The number of unbranched alkanes of at least 4 members (excludes halogenated alkanes) is 41. The molecule has 1 amide bonds. The zero-order valence-electron chi connectivity index (χ0n) is 57.6. The molecule has 0 aliphatic rings. The van der Waals surface area contributed by atoms with Crippen LogP contribution in [-0.2, 0) is 18.4 Å². The summed E-state index contributed by atoms with van der Waals surface area (Å²) in [4.78, 5) is 23.5. The number of amides is 1. The standard InChI is InChI=1S/C77H143N2O6P/c1-6-8-10-12-14-16-18-20-22-24-26-28-30-31-32-33-34-35-36-37-38-39-40-41-42-43-44-45-46-47-49-51-53-55-57-59-61-63-65-67-69-71-77(81)78-75(74-85-86(82,83)84-73-72-79(3,4)5)76(80)70-68-66-64-62-60-58-56-54-52-50-48-29-27-25-23-21-19-17-15-13-11-9-7-2/h8,10,14,16,20,22,26,28,31-32,34-35,37-38,75-76,80H,6-7,9,11-13,15,17-19,21,23-25,27,29-30,33,36,39-74H2,1-5H3,(H-,78,81,82,83)/p+1/b10-8-,16-14-,22-20-,28-26-,32-31-,35-34-,38-37-. The van der Waals surface area contributed by atoms with Crippen molar-refractivity contribution in [1.29, 1.82) is 0 Å². The van der Waals surface area contributed by atoms with Gasteiger partial charge in [-0.15, -0.1) is 0 Å². The highest BCUT2D eigenvalue weighted by atomic mass is 31.2. The number of allylic oxidation sites excluding steroid dienone is 14. The Hall–Kier alpha value is -2.32. The average Bonchev–Trinajstić information content (AvgIpc) is 3.70. The number of aliphatic hydroxyl groups is 1. The number of nitrogens with one attached hydrogen (secondary N) is 1. The summed E-state index contributed by atoms with van der Waals surface area (Å²) in [7, 11) is 1.63. The second kappa shape index (κ2) is 67.1. The molecule has 0 heterocycles. The molecule has 0 aromatic rings. The van der Waals surface area contributed by atoms with Crippen LogP contribution in [0.1, 0.15) is 348 Å². The molecule has 0 bridgehead atoms. The number of likely N-dealkylation sites (N-methyl/N-ethyl adjacent to an activating group) is 1. The number of hydrogen-bond donors (Lipinski definition) is 3. The van der Waals surface area contributed by atoms with Gasteiger partial charge in [0.05, 0.1) is 39.9 Å². The van der Waals surface area contributed by atoms with Crippen LogP contribution in [0.3, 0.4) is 0 Å². The molecule has 0 aromatic heterocycles. The van der Waals surface area contributed by atoms with Crippen molar-refractivity contribution in [2.75, 3.05) is 40.9 Å². The Morgan fingerprint density at radius 3 is 1.02 bits per heavy atom. The minimum Gasteiger partial charge on any atom is -0.391 e. The number of carbonyl (C=O) groups excluding carboxylic acids is 1. The fourth-order valence-corrected chi connectivity index (χ4v) is 11.7. The molecule has 0 aromatic carbocycles. The molecule has 0 fully saturated rings. The van der Waals surface area contributed by atoms with Gasteiger partial charge in [0.25, 0.3) is 0 Å². The summed E-state index contributed by atoms with van der Waals surface area (Å²) >= 11 is 0. The molecular formula is C77H144N2O6P+. The predicted molar refractivity (Wildman–Crippen MR) is 378 cm³/mol. The van der Waals surface area contributed by atoms with Gasteiger partial charge < -0.3 is 19.8 Å². The summed E-state index contributed by atoms with van der Waals surface area (Å²) in [6.45, 7) is 4.82. The van der Waals surface area contributed by atoms with Crippen molar-refractivity contribution in [3.05, 3.63) is 85.1 Å². The first kappa shape index (κ1) is 83.7. The molecule has 0 spiro atoms. The Morgan fingerprint density at radius 2 is 0.698 bits per heavy atom. The summed E-state index contributed by atoms with van der Waals surface area (Å²) in [6.07, 6.45) is 95.5. The maximum absolute atomic E-state index is 13.1. The second-order valence-corrected chi connectivity index (χ2v) is 27.8. The highest BCUT2D eigenvalue weighted by Gasteiger charge is 2.28. The maximum atomic E-state index is 13.1. The molecule has 3 unspecified atom stereocenters. The molecule has 0 radical (unpaired) electrons. The van der Waals surface area contributed by atoms with Crippen molar-refractivity contribution in [1.82, 2.24) is 5.32 Å². The molecule has 3 N–H and O–H groups in total. The van der Waals surface area contributed by atoms with Crippen LogP contribution in [-0.4, -0.2) is 73.4 Å². The van der Waals surface area contributed by atoms with Crippen LogP contribution in [0, 0.1) is 0 Å². The van der Waals surface area contributed by atoms with Crippen LogP contribution in [0.4, 0.5) is 0 Å². The highest BCUT2D eigenvalue weighted by molar-refractivity contribution is 7.47. The fourth-order valence-electron chi connectivity index (χ4n) is 11.0. The first-order chi connectivity index (χ1) is 42.0. The van der Waals surface area contributed by atoms with Gasteiger partial charge in [0.2, 0.25) is 5.91 Å². The number of aliphatic hydroxyl groups excluding tert-OH is 1. The number of phosphoric acid groups is 1. The third kappa shape index (κ3) is 69.2. The van der Waals surface area contributed by atoms with Crippen LogP contribution in [0.25, 0.3) is 0 Å². The van der Waals surface area contributed by atoms with E-state index in [0.717, 1.165) is 83.5 Å². The molecule has 0 saturated heterocycles. The predicted octanol–water partition coefficient (Wildman–Crippen LogP) is 23.9. The number of carbonyl (C=O) groups is 1. The molecule has 0 rings (SSSR count). The van der Waals surface area contributed by atoms with Gasteiger partial charge in [0.1, 0.15) is 13.2 Å². The van der Waals surface area contributed by atoms with E-state index in [0.29, 0.717) is 23.9 Å². The maximum Gasteiger partial charge on any atom is 0.472 e. The van der Waals surface area contributed by atoms with Crippen LogP contribution < -0.4 is 5.32 Å². The molecule has 8 nitrogen and oxygen atoms in total. The van der Waals surface area contributed by atoms with E-state index in [-0.39, 0.29) is 19.1 Å². The van der Waals surface area contributed by atoms with Crippen molar-refractivity contribution >= 4 is 13.7 Å². The quantitative estimate of drug-likeness (QED) is 0.0243. The zero-order chi connectivity index (χ0) is 62.6. The van der Waals surface area contributed by atoms with Gasteiger partial charge in [-0.05, 0) is 70.6 Å². The summed E-state index contributed by atoms with van der Waals surface area (Å²) in [5.74, 6) is -0.139. The van der Waals surface area contributed by atoms with Crippen LogP contribution in [0.2, 0.25) is 0 Å². The Morgan fingerprint density at radius 1 is 0.407 bits per heavy atom. The second-order valence-electron chi connectivity index (χ2n) is 26.3. The van der Waals surface area contributed by atoms with E-state index in [1.165, 1.54) is 238 Å². The number of nitrogens with zero attached hydrogens (tertiary/aromatic N) is 1. The molecule has 3 atom stereocenters. The summed E-state index contributed by atoms with van der Waals surface area (Å²) in [6, 6.07) is -0.764. The van der Waals surface area contributed by atoms with Crippen LogP contribution in [0.5, 0.6) is 0 Å². The van der Waals surface area contributed by atoms with Gasteiger partial charge in [0, 0.05) is 6.42 Å². The zero-order valence-corrected chi connectivity index (χ0v) is 58.4. The van der Waals surface area contributed by atoms with E-state index < -0.39 is 20.0 Å². The molecule has 0 aliphatic carbocycles. The molecule has 0 aliphatic heterocycles. The first-order valence-electron chi connectivity index (χ1n) is 37.0. The Labute approximate surface area is 535 Å². The van der Waals surface area contributed by atoms with Gasteiger partial charge in [-0.3, -0.25) is 13.8 Å². The van der Waals surface area contributed by atoms with E-state index in [4.69, 9.17) is 9.05 Å². The number of rotatable bonds is 68. The van der Waals surface area contributed by atoms with Crippen molar-refractivity contribution in [2.24, 2.45) is 0 Å². The molecule has 86 heavy (non-hydrogen) atoms. The lowest BCUT2D eigenvalue weighted by Gasteiger charge is -2.26. The largest absolute Gasteiger partial charge is 0.472 e.